The first-order valence-corrected chi connectivity index (χ1v) is 4.61. The maximum atomic E-state index is 9.06. The van der Waals surface area contributed by atoms with Crippen molar-refractivity contribution in [2.24, 2.45) is 0 Å². The average molecular weight is 207 g/mol. The van der Waals surface area contributed by atoms with Gasteiger partial charge in [-0.3, -0.25) is 0 Å². The summed E-state index contributed by atoms with van der Waals surface area (Å²) in [6.45, 7) is 0.599. The van der Waals surface area contributed by atoms with Gasteiger partial charge < -0.3 is 15.5 Å². The largest absolute Gasteiger partial charge is 0.394 e. The molecule has 1 atom stereocenters. The second-order valence-electron chi connectivity index (χ2n) is 3.13. The van der Waals surface area contributed by atoms with Crippen molar-refractivity contribution in [1.82, 2.24) is 10.3 Å². The molecule has 0 bridgehead atoms. The van der Waals surface area contributed by atoms with Crippen LogP contribution in [0.15, 0.2) is 18.3 Å². The van der Waals surface area contributed by atoms with Crippen LogP contribution in [0.1, 0.15) is 11.3 Å². The van der Waals surface area contributed by atoms with Gasteiger partial charge in [0.1, 0.15) is 11.8 Å². The predicted octanol–water partition coefficient (Wildman–Crippen LogP) is -0.604. The van der Waals surface area contributed by atoms with Gasteiger partial charge in [0.15, 0.2) is 0 Å². The van der Waals surface area contributed by atoms with E-state index in [4.69, 9.17) is 15.5 Å². The van der Waals surface area contributed by atoms with Gasteiger partial charge >= 0.3 is 0 Å². The van der Waals surface area contributed by atoms with Crippen molar-refractivity contribution in [3.05, 3.63) is 29.6 Å². The lowest BCUT2D eigenvalue weighted by atomic mass is 10.2. The molecule has 1 unspecified atom stereocenters. The van der Waals surface area contributed by atoms with E-state index in [1.807, 2.05) is 6.07 Å². The Morgan fingerprint density at radius 1 is 1.60 bits per heavy atom. The Hall–Kier alpha value is -1.48. The monoisotopic (exact) mass is 207 g/mol. The van der Waals surface area contributed by atoms with Gasteiger partial charge in [-0.1, -0.05) is 0 Å². The predicted molar refractivity (Wildman–Crippen MR) is 53.8 cm³/mol. The first-order valence-electron chi connectivity index (χ1n) is 4.61. The van der Waals surface area contributed by atoms with Crippen molar-refractivity contribution in [1.29, 1.82) is 5.26 Å². The lowest BCUT2D eigenvalue weighted by Crippen LogP contribution is -2.28. The molecule has 0 saturated heterocycles. The van der Waals surface area contributed by atoms with E-state index >= 15 is 0 Å². The number of aliphatic hydroxyl groups excluding tert-OH is 2. The van der Waals surface area contributed by atoms with Crippen molar-refractivity contribution < 1.29 is 10.2 Å². The number of hydrogen-bond acceptors (Lipinski definition) is 5. The zero-order valence-electron chi connectivity index (χ0n) is 8.22. The third-order valence-corrected chi connectivity index (χ3v) is 1.86. The summed E-state index contributed by atoms with van der Waals surface area (Å²) in [4.78, 5) is 3.84. The molecule has 0 aliphatic heterocycles. The number of hydrogen-bond donors (Lipinski definition) is 3. The van der Waals surface area contributed by atoms with E-state index in [1.54, 1.807) is 18.3 Å². The number of aliphatic hydroxyl groups is 2. The van der Waals surface area contributed by atoms with Gasteiger partial charge in [0.05, 0.1) is 12.7 Å². The lowest BCUT2D eigenvalue weighted by Gasteiger charge is -2.08. The van der Waals surface area contributed by atoms with Crippen LogP contribution in [0.2, 0.25) is 0 Å². The maximum Gasteiger partial charge on any atom is 0.140 e. The molecule has 0 fully saturated rings. The van der Waals surface area contributed by atoms with Crippen LogP contribution in [0.3, 0.4) is 0 Å². The minimum Gasteiger partial charge on any atom is -0.394 e. The number of rotatable bonds is 5. The van der Waals surface area contributed by atoms with E-state index in [2.05, 4.69) is 10.3 Å². The Morgan fingerprint density at radius 3 is 3.07 bits per heavy atom. The molecule has 1 aromatic heterocycles. The first-order chi connectivity index (χ1) is 7.26. The summed E-state index contributed by atoms with van der Waals surface area (Å²) in [5.74, 6) is 0. The van der Waals surface area contributed by atoms with Crippen molar-refractivity contribution in [2.75, 3.05) is 13.2 Å². The molecular formula is C10H13N3O2. The fraction of sp³-hybridized carbons (Fsp3) is 0.400. The number of pyridine rings is 1. The quantitative estimate of drug-likeness (QED) is 0.599. The number of nitrogens with zero attached hydrogens (tertiary/aromatic N) is 2. The van der Waals surface area contributed by atoms with Gasteiger partial charge in [-0.25, -0.2) is 4.98 Å². The van der Waals surface area contributed by atoms with E-state index in [1.165, 1.54) is 0 Å². The minimum absolute atomic E-state index is 0.257. The Morgan fingerprint density at radius 2 is 2.40 bits per heavy atom. The molecule has 0 aromatic carbocycles. The third-order valence-electron chi connectivity index (χ3n) is 1.86. The Balaban J connectivity index is 2.41. The van der Waals surface area contributed by atoms with Crippen LogP contribution in [-0.2, 0) is 6.54 Å². The minimum atomic E-state index is -0.748. The Kier molecular flexibility index (Phi) is 4.71. The summed E-state index contributed by atoms with van der Waals surface area (Å²) in [5, 5.41) is 29.2. The van der Waals surface area contributed by atoms with Crippen molar-refractivity contribution in [3.8, 4) is 6.07 Å². The molecule has 1 aromatic rings. The fourth-order valence-corrected chi connectivity index (χ4v) is 1.09. The molecular weight excluding hydrogens is 194 g/mol. The summed E-state index contributed by atoms with van der Waals surface area (Å²) in [7, 11) is 0. The highest BCUT2D eigenvalue weighted by molar-refractivity contribution is 5.25. The van der Waals surface area contributed by atoms with E-state index in [-0.39, 0.29) is 6.61 Å². The van der Waals surface area contributed by atoms with E-state index in [0.717, 1.165) is 5.56 Å². The molecule has 80 valence electrons. The summed E-state index contributed by atoms with van der Waals surface area (Å²) < 4.78 is 0. The SMILES string of the molecule is N#Cc1cc(CNCC(O)CO)ccn1. The van der Waals surface area contributed by atoms with Crippen LogP contribution in [-0.4, -0.2) is 34.5 Å². The molecule has 1 rings (SSSR count). The van der Waals surface area contributed by atoms with E-state index < -0.39 is 6.10 Å². The van der Waals surface area contributed by atoms with Crippen molar-refractivity contribution in [2.45, 2.75) is 12.6 Å². The van der Waals surface area contributed by atoms with Gasteiger partial charge in [0.2, 0.25) is 0 Å². The average Bonchev–Trinajstić information content (AvgIpc) is 2.29. The summed E-state index contributed by atoms with van der Waals surface area (Å²) in [5.41, 5.74) is 1.30. The zero-order chi connectivity index (χ0) is 11.1. The van der Waals surface area contributed by atoms with Crippen LogP contribution in [0.5, 0.6) is 0 Å². The van der Waals surface area contributed by atoms with Gasteiger partial charge in [0, 0.05) is 19.3 Å². The topological polar surface area (TPSA) is 89.2 Å². The fourth-order valence-electron chi connectivity index (χ4n) is 1.09. The van der Waals surface area contributed by atoms with Gasteiger partial charge in [0.25, 0.3) is 0 Å². The summed E-state index contributed by atoms with van der Waals surface area (Å²) in [6.07, 6.45) is 0.820. The number of nitriles is 1. The second-order valence-corrected chi connectivity index (χ2v) is 3.13. The van der Waals surface area contributed by atoms with Gasteiger partial charge in [-0.05, 0) is 17.7 Å². The molecule has 0 spiro atoms. The molecule has 15 heavy (non-hydrogen) atoms. The number of aromatic nitrogens is 1. The molecule has 0 aliphatic carbocycles. The Bertz CT molecular complexity index is 349. The van der Waals surface area contributed by atoms with Crippen molar-refractivity contribution >= 4 is 0 Å². The van der Waals surface area contributed by atoms with Gasteiger partial charge in [-0.15, -0.1) is 0 Å². The molecule has 5 heteroatoms. The molecule has 1 heterocycles. The number of nitrogens with one attached hydrogen (secondary N) is 1. The zero-order valence-corrected chi connectivity index (χ0v) is 8.22. The van der Waals surface area contributed by atoms with Gasteiger partial charge in [-0.2, -0.15) is 5.26 Å². The second kappa shape index (κ2) is 6.09. The lowest BCUT2D eigenvalue weighted by molar-refractivity contribution is 0.0942. The molecule has 0 amide bonds. The van der Waals surface area contributed by atoms with Crippen LogP contribution in [0.4, 0.5) is 0 Å². The van der Waals surface area contributed by atoms with E-state index in [9.17, 15) is 0 Å². The highest BCUT2D eigenvalue weighted by Crippen LogP contribution is 2.00. The highest BCUT2D eigenvalue weighted by Gasteiger charge is 2.01. The summed E-state index contributed by atoms with van der Waals surface area (Å²) >= 11 is 0. The van der Waals surface area contributed by atoms with Crippen LogP contribution in [0, 0.1) is 11.3 Å². The molecule has 5 nitrogen and oxygen atoms in total. The molecule has 3 N–H and O–H groups in total. The van der Waals surface area contributed by atoms with Crippen LogP contribution < -0.4 is 5.32 Å². The normalized spacial score (nSPS) is 12.1. The standard InChI is InChI=1S/C10H13N3O2/c11-4-9-3-8(1-2-13-9)5-12-6-10(15)7-14/h1-3,10,12,14-15H,5-7H2. The third kappa shape index (κ3) is 4.04. The highest BCUT2D eigenvalue weighted by atomic mass is 16.3. The Labute approximate surface area is 88.0 Å². The first kappa shape index (κ1) is 11.6. The van der Waals surface area contributed by atoms with Crippen LogP contribution in [0.25, 0.3) is 0 Å². The van der Waals surface area contributed by atoms with Crippen LogP contribution >= 0.6 is 0 Å². The summed E-state index contributed by atoms with van der Waals surface area (Å²) in [6, 6.07) is 5.42. The maximum absolute atomic E-state index is 9.06. The molecule has 0 aliphatic rings. The van der Waals surface area contributed by atoms with Crippen molar-refractivity contribution in [3.63, 3.8) is 0 Å². The van der Waals surface area contributed by atoms with E-state index in [0.29, 0.717) is 18.8 Å². The smallest absolute Gasteiger partial charge is 0.140 e. The molecule has 0 radical (unpaired) electrons. The molecule has 0 saturated carbocycles.